The van der Waals surface area contributed by atoms with Crippen LogP contribution in [0.3, 0.4) is 0 Å². The smallest absolute Gasteiger partial charge is 0.414 e. The standard InChI is InChI=1S/C17H13N5O2/c18-10-13-7-4-8-14(9-13)15-19-16(22-21-15)20-17(23)24-11-12-5-2-1-3-6-12/h1-9H,11H2,(H2,19,20,21,22,23). The van der Waals surface area contributed by atoms with E-state index in [1.54, 1.807) is 24.3 Å². The van der Waals surface area contributed by atoms with Crippen LogP contribution in [0.4, 0.5) is 10.7 Å². The van der Waals surface area contributed by atoms with E-state index < -0.39 is 6.09 Å². The SMILES string of the molecule is N#Cc1cccc(-c2nc(NC(=O)OCc3ccccc3)n[nH]2)c1. The Labute approximate surface area is 137 Å². The highest BCUT2D eigenvalue weighted by molar-refractivity contribution is 5.82. The average Bonchev–Trinajstić information content (AvgIpc) is 3.09. The van der Waals surface area contributed by atoms with E-state index in [1.165, 1.54) is 0 Å². The highest BCUT2D eigenvalue weighted by Crippen LogP contribution is 2.17. The van der Waals surface area contributed by atoms with Gasteiger partial charge >= 0.3 is 6.09 Å². The summed E-state index contributed by atoms with van der Waals surface area (Å²) in [7, 11) is 0. The molecule has 3 aromatic rings. The first-order valence-corrected chi connectivity index (χ1v) is 7.15. The zero-order valence-electron chi connectivity index (χ0n) is 12.6. The van der Waals surface area contributed by atoms with E-state index in [4.69, 9.17) is 10.00 Å². The largest absolute Gasteiger partial charge is 0.444 e. The molecular formula is C17H13N5O2. The minimum Gasteiger partial charge on any atom is -0.444 e. The molecule has 3 rings (SSSR count). The maximum atomic E-state index is 11.8. The van der Waals surface area contributed by atoms with Crippen LogP contribution < -0.4 is 5.32 Å². The minimum absolute atomic E-state index is 0.102. The molecule has 2 N–H and O–H groups in total. The van der Waals surface area contributed by atoms with Crippen LogP contribution in [-0.2, 0) is 11.3 Å². The van der Waals surface area contributed by atoms with Crippen LogP contribution in [0.25, 0.3) is 11.4 Å². The Kier molecular flexibility index (Phi) is 4.49. The predicted octanol–water partition coefficient (Wildman–Crippen LogP) is 3.09. The van der Waals surface area contributed by atoms with Crippen LogP contribution in [0, 0.1) is 11.3 Å². The zero-order valence-corrected chi connectivity index (χ0v) is 12.6. The second-order valence-electron chi connectivity index (χ2n) is 4.89. The summed E-state index contributed by atoms with van der Waals surface area (Å²) >= 11 is 0. The van der Waals surface area contributed by atoms with E-state index in [9.17, 15) is 4.79 Å². The molecule has 0 saturated heterocycles. The molecule has 0 fully saturated rings. The van der Waals surface area contributed by atoms with Gasteiger partial charge in [-0.3, -0.25) is 10.4 Å². The van der Waals surface area contributed by atoms with Gasteiger partial charge < -0.3 is 4.74 Å². The lowest BCUT2D eigenvalue weighted by atomic mass is 10.1. The lowest BCUT2D eigenvalue weighted by Gasteiger charge is -2.04. The molecule has 1 heterocycles. The molecule has 2 aromatic carbocycles. The molecule has 0 aliphatic rings. The van der Waals surface area contributed by atoms with E-state index in [-0.39, 0.29) is 12.6 Å². The van der Waals surface area contributed by atoms with Gasteiger partial charge in [-0.2, -0.15) is 10.2 Å². The third-order valence-corrected chi connectivity index (χ3v) is 3.18. The molecule has 0 aliphatic heterocycles. The summed E-state index contributed by atoms with van der Waals surface area (Å²) in [5.74, 6) is 0.552. The van der Waals surface area contributed by atoms with Gasteiger partial charge in [-0.25, -0.2) is 4.79 Å². The van der Waals surface area contributed by atoms with Gasteiger partial charge in [0.2, 0.25) is 0 Å². The number of carbonyl (C=O) groups excluding carboxylic acids is 1. The molecule has 0 aliphatic carbocycles. The summed E-state index contributed by atoms with van der Waals surface area (Å²) in [5, 5.41) is 18.0. The third kappa shape index (κ3) is 3.75. The van der Waals surface area contributed by atoms with Crippen molar-refractivity contribution in [3.8, 4) is 17.5 Å². The van der Waals surface area contributed by atoms with E-state index in [2.05, 4.69) is 26.6 Å². The number of carbonyl (C=O) groups is 1. The second-order valence-corrected chi connectivity index (χ2v) is 4.89. The number of aromatic amines is 1. The highest BCUT2D eigenvalue weighted by atomic mass is 16.5. The van der Waals surface area contributed by atoms with E-state index in [1.807, 2.05) is 30.3 Å². The quantitative estimate of drug-likeness (QED) is 0.769. The lowest BCUT2D eigenvalue weighted by Crippen LogP contribution is -2.14. The maximum absolute atomic E-state index is 11.8. The number of rotatable bonds is 4. The summed E-state index contributed by atoms with van der Waals surface area (Å²) in [6, 6.07) is 18.3. The molecule has 0 saturated carbocycles. The lowest BCUT2D eigenvalue weighted by molar-refractivity contribution is 0.155. The Morgan fingerprint density at radius 2 is 2.04 bits per heavy atom. The molecule has 0 radical (unpaired) electrons. The van der Waals surface area contributed by atoms with E-state index in [0.29, 0.717) is 17.0 Å². The van der Waals surface area contributed by atoms with Crippen molar-refractivity contribution in [1.29, 1.82) is 5.26 Å². The van der Waals surface area contributed by atoms with Crippen molar-refractivity contribution in [1.82, 2.24) is 15.2 Å². The van der Waals surface area contributed by atoms with E-state index >= 15 is 0 Å². The van der Waals surface area contributed by atoms with Crippen molar-refractivity contribution in [3.05, 3.63) is 65.7 Å². The molecule has 0 atom stereocenters. The Balaban J connectivity index is 1.61. The number of hydrogen-bond acceptors (Lipinski definition) is 5. The number of H-pyrrole nitrogens is 1. The molecular weight excluding hydrogens is 306 g/mol. The molecule has 0 bridgehead atoms. The van der Waals surface area contributed by atoms with Gasteiger partial charge in [-0.15, -0.1) is 5.10 Å². The average molecular weight is 319 g/mol. The van der Waals surface area contributed by atoms with Crippen LogP contribution >= 0.6 is 0 Å². The Bertz CT molecular complexity index is 883. The first-order valence-electron chi connectivity index (χ1n) is 7.15. The molecule has 24 heavy (non-hydrogen) atoms. The van der Waals surface area contributed by atoms with Gasteiger partial charge in [0, 0.05) is 5.56 Å². The van der Waals surface area contributed by atoms with Gasteiger partial charge in [-0.1, -0.05) is 42.5 Å². The monoisotopic (exact) mass is 319 g/mol. The van der Waals surface area contributed by atoms with E-state index in [0.717, 1.165) is 5.56 Å². The van der Waals surface area contributed by atoms with Gasteiger partial charge in [0.15, 0.2) is 5.82 Å². The summed E-state index contributed by atoms with van der Waals surface area (Å²) in [6.45, 7) is 0.161. The first-order chi connectivity index (χ1) is 11.7. The van der Waals surface area contributed by atoms with Crippen molar-refractivity contribution in [2.75, 3.05) is 5.32 Å². The number of benzene rings is 2. The van der Waals surface area contributed by atoms with Gasteiger partial charge in [0.1, 0.15) is 6.61 Å². The summed E-state index contributed by atoms with van der Waals surface area (Å²) in [6.07, 6.45) is -0.643. The first kappa shape index (κ1) is 15.2. The fraction of sp³-hybridized carbons (Fsp3) is 0.0588. The predicted molar refractivity (Wildman–Crippen MR) is 86.8 cm³/mol. The second kappa shape index (κ2) is 7.07. The highest BCUT2D eigenvalue weighted by Gasteiger charge is 2.10. The number of hydrogen-bond donors (Lipinski definition) is 2. The number of anilines is 1. The molecule has 1 aromatic heterocycles. The van der Waals surface area contributed by atoms with Crippen molar-refractivity contribution >= 4 is 12.0 Å². The fourth-order valence-corrected chi connectivity index (χ4v) is 2.03. The zero-order chi connectivity index (χ0) is 16.8. The van der Waals surface area contributed by atoms with Crippen molar-refractivity contribution < 1.29 is 9.53 Å². The molecule has 7 heteroatoms. The normalized spacial score (nSPS) is 9.96. The third-order valence-electron chi connectivity index (χ3n) is 3.18. The van der Waals surface area contributed by atoms with Crippen LogP contribution in [-0.4, -0.2) is 21.3 Å². The van der Waals surface area contributed by atoms with Crippen molar-refractivity contribution in [2.24, 2.45) is 0 Å². The Morgan fingerprint density at radius 1 is 1.21 bits per heavy atom. The van der Waals surface area contributed by atoms with Gasteiger partial charge in [0.25, 0.3) is 5.95 Å². The number of nitrogens with one attached hydrogen (secondary N) is 2. The summed E-state index contributed by atoms with van der Waals surface area (Å²) in [4.78, 5) is 15.9. The summed E-state index contributed by atoms with van der Waals surface area (Å²) in [5.41, 5.74) is 2.10. The number of amides is 1. The molecule has 0 spiro atoms. The van der Waals surface area contributed by atoms with Crippen LogP contribution in [0.5, 0.6) is 0 Å². The number of aromatic nitrogens is 3. The maximum Gasteiger partial charge on any atom is 0.414 e. The van der Waals surface area contributed by atoms with Crippen LogP contribution in [0.2, 0.25) is 0 Å². The minimum atomic E-state index is -0.643. The van der Waals surface area contributed by atoms with Crippen LogP contribution in [0.15, 0.2) is 54.6 Å². The number of nitrogens with zero attached hydrogens (tertiary/aromatic N) is 3. The molecule has 118 valence electrons. The van der Waals surface area contributed by atoms with Crippen molar-refractivity contribution in [2.45, 2.75) is 6.61 Å². The summed E-state index contributed by atoms with van der Waals surface area (Å²) < 4.78 is 5.10. The van der Waals surface area contributed by atoms with Crippen molar-refractivity contribution in [3.63, 3.8) is 0 Å². The van der Waals surface area contributed by atoms with Crippen LogP contribution in [0.1, 0.15) is 11.1 Å². The fourth-order valence-electron chi connectivity index (χ4n) is 2.03. The Morgan fingerprint density at radius 3 is 2.83 bits per heavy atom. The van der Waals surface area contributed by atoms with Gasteiger partial charge in [0.05, 0.1) is 11.6 Å². The number of ether oxygens (including phenoxy) is 1. The number of nitriles is 1. The topological polar surface area (TPSA) is 104 Å². The Hall–Kier alpha value is -3.66. The molecule has 1 amide bonds. The molecule has 0 unspecified atom stereocenters. The van der Waals surface area contributed by atoms with Gasteiger partial charge in [-0.05, 0) is 17.7 Å². The molecule has 7 nitrogen and oxygen atoms in total.